The number of hydrogen-bond donors (Lipinski definition) is 2. The van der Waals surface area contributed by atoms with Crippen LogP contribution in [-0.2, 0) is 10.0 Å². The maximum Gasteiger partial charge on any atom is 0.251 e. The van der Waals surface area contributed by atoms with E-state index in [1.165, 1.54) is 38.8 Å². The second-order valence-corrected chi connectivity index (χ2v) is 9.58. The zero-order valence-corrected chi connectivity index (χ0v) is 16.2. The van der Waals surface area contributed by atoms with Crippen molar-refractivity contribution in [1.82, 2.24) is 10.0 Å². The maximum atomic E-state index is 12.7. The lowest BCUT2D eigenvalue weighted by Crippen LogP contribution is -2.40. The molecule has 25 heavy (non-hydrogen) atoms. The zero-order valence-electron chi connectivity index (χ0n) is 15.4. The van der Waals surface area contributed by atoms with Crippen LogP contribution in [-0.4, -0.2) is 27.4 Å². The highest BCUT2D eigenvalue weighted by atomic mass is 32.2. The van der Waals surface area contributed by atoms with E-state index in [4.69, 9.17) is 0 Å². The van der Waals surface area contributed by atoms with Gasteiger partial charge in [-0.15, -0.1) is 0 Å². The number of carbonyl (C=O) groups is 1. The molecule has 138 valence electrons. The molecule has 0 spiro atoms. The number of carbonyl (C=O) groups excluding carboxylic acids is 1. The Bertz CT molecular complexity index is 788. The summed E-state index contributed by atoms with van der Waals surface area (Å²) in [6.07, 6.45) is 5.13. The van der Waals surface area contributed by atoms with Crippen LogP contribution >= 0.6 is 0 Å². The lowest BCUT2D eigenvalue weighted by atomic mass is 9.84. The van der Waals surface area contributed by atoms with Gasteiger partial charge in [-0.2, -0.15) is 0 Å². The summed E-state index contributed by atoms with van der Waals surface area (Å²) >= 11 is 0. The fourth-order valence-electron chi connectivity index (χ4n) is 4.65. The molecule has 0 heterocycles. The second kappa shape index (κ2) is 6.72. The molecular weight excluding hydrogens is 336 g/mol. The Hall–Kier alpha value is -1.40. The monoisotopic (exact) mass is 364 g/mol. The molecule has 4 atom stereocenters. The highest BCUT2D eigenvalue weighted by Crippen LogP contribution is 2.49. The van der Waals surface area contributed by atoms with Crippen molar-refractivity contribution in [3.8, 4) is 0 Å². The summed E-state index contributed by atoms with van der Waals surface area (Å²) < 4.78 is 26.8. The Kier molecular flexibility index (Phi) is 4.95. The normalized spacial score (nSPS) is 26.6. The van der Waals surface area contributed by atoms with Gasteiger partial charge >= 0.3 is 0 Å². The van der Waals surface area contributed by atoms with Crippen LogP contribution in [0.2, 0.25) is 0 Å². The van der Waals surface area contributed by atoms with Crippen LogP contribution in [0.3, 0.4) is 0 Å². The van der Waals surface area contributed by atoms with Gasteiger partial charge in [-0.1, -0.05) is 6.42 Å². The fourth-order valence-corrected chi connectivity index (χ4v) is 5.72. The molecule has 1 aromatic rings. The van der Waals surface area contributed by atoms with Crippen molar-refractivity contribution in [3.63, 3.8) is 0 Å². The molecule has 4 unspecified atom stereocenters. The van der Waals surface area contributed by atoms with E-state index < -0.39 is 10.0 Å². The van der Waals surface area contributed by atoms with Crippen molar-refractivity contribution in [3.05, 3.63) is 28.8 Å². The minimum absolute atomic E-state index is 0.119. The average molecular weight is 365 g/mol. The summed E-state index contributed by atoms with van der Waals surface area (Å²) in [4.78, 5) is 12.9. The maximum absolute atomic E-state index is 12.7. The third-order valence-corrected chi connectivity index (χ3v) is 7.77. The number of aryl methyl sites for hydroxylation is 1. The Morgan fingerprint density at radius 3 is 2.48 bits per heavy atom. The molecule has 2 saturated carbocycles. The van der Waals surface area contributed by atoms with Crippen LogP contribution in [0.25, 0.3) is 0 Å². The van der Waals surface area contributed by atoms with Crippen molar-refractivity contribution >= 4 is 15.9 Å². The quantitative estimate of drug-likeness (QED) is 0.843. The second-order valence-electron chi connectivity index (χ2n) is 7.72. The molecule has 6 heteroatoms. The molecule has 0 saturated heterocycles. The zero-order chi connectivity index (χ0) is 18.4. The summed E-state index contributed by atoms with van der Waals surface area (Å²) in [6, 6.07) is 3.37. The first kappa shape index (κ1) is 18.4. The van der Waals surface area contributed by atoms with Gasteiger partial charge in [0, 0.05) is 11.6 Å². The van der Waals surface area contributed by atoms with Gasteiger partial charge in [0.25, 0.3) is 5.91 Å². The molecular formula is C19H28N2O3S. The smallest absolute Gasteiger partial charge is 0.251 e. The van der Waals surface area contributed by atoms with Crippen molar-refractivity contribution in [2.24, 2.45) is 17.8 Å². The van der Waals surface area contributed by atoms with E-state index in [1.807, 2.05) is 6.92 Å². The Labute approximate surface area is 150 Å². The number of hydrogen-bond acceptors (Lipinski definition) is 3. The average Bonchev–Trinajstić information content (AvgIpc) is 3.20. The van der Waals surface area contributed by atoms with Crippen molar-refractivity contribution < 1.29 is 13.2 Å². The van der Waals surface area contributed by atoms with Gasteiger partial charge in [-0.25, -0.2) is 13.1 Å². The Balaban J connectivity index is 1.80. The molecule has 2 fully saturated rings. The first-order valence-corrected chi connectivity index (χ1v) is 10.6. The van der Waals surface area contributed by atoms with Crippen LogP contribution in [0, 0.1) is 31.6 Å². The number of rotatable bonds is 5. The first-order chi connectivity index (χ1) is 11.7. The van der Waals surface area contributed by atoms with Crippen LogP contribution in [0.4, 0.5) is 0 Å². The molecule has 5 nitrogen and oxygen atoms in total. The highest BCUT2D eigenvalue weighted by molar-refractivity contribution is 7.89. The van der Waals surface area contributed by atoms with E-state index in [9.17, 15) is 13.2 Å². The van der Waals surface area contributed by atoms with Crippen molar-refractivity contribution in [2.45, 2.75) is 57.4 Å². The summed E-state index contributed by atoms with van der Waals surface area (Å²) in [5.41, 5.74) is 1.88. The van der Waals surface area contributed by atoms with E-state index in [0.29, 0.717) is 17.0 Å². The van der Waals surface area contributed by atoms with Gasteiger partial charge in [0.15, 0.2) is 0 Å². The van der Waals surface area contributed by atoms with E-state index in [1.54, 1.807) is 13.0 Å². The van der Waals surface area contributed by atoms with Gasteiger partial charge < -0.3 is 5.32 Å². The number of fused-ring (bicyclic) bond motifs is 2. The largest absolute Gasteiger partial charge is 0.349 e. The number of nitrogens with one attached hydrogen (secondary N) is 2. The van der Waals surface area contributed by atoms with Crippen LogP contribution in [0.15, 0.2) is 17.0 Å². The van der Waals surface area contributed by atoms with E-state index in [0.717, 1.165) is 17.4 Å². The minimum Gasteiger partial charge on any atom is -0.349 e. The molecule has 0 radical (unpaired) electrons. The molecule has 2 aliphatic carbocycles. The molecule has 0 aromatic heterocycles. The molecule has 3 rings (SSSR count). The summed E-state index contributed by atoms with van der Waals surface area (Å²) in [7, 11) is -2.21. The predicted molar refractivity (Wildman–Crippen MR) is 98.0 cm³/mol. The third-order valence-electron chi connectivity index (χ3n) is 6.23. The van der Waals surface area contributed by atoms with E-state index >= 15 is 0 Å². The van der Waals surface area contributed by atoms with E-state index in [2.05, 4.69) is 17.0 Å². The topological polar surface area (TPSA) is 75.3 Å². The van der Waals surface area contributed by atoms with Crippen molar-refractivity contribution in [2.75, 3.05) is 7.05 Å². The summed E-state index contributed by atoms with van der Waals surface area (Å²) in [6.45, 7) is 5.68. The SMILES string of the molecule is CNS(=O)(=O)c1cc(C(=O)NC(C)C2CC3CCC2C3)cc(C)c1C. The number of sulfonamides is 1. The molecule has 2 N–H and O–H groups in total. The third kappa shape index (κ3) is 3.47. The molecule has 1 aromatic carbocycles. The fraction of sp³-hybridized carbons (Fsp3) is 0.632. The Morgan fingerprint density at radius 1 is 1.20 bits per heavy atom. The summed E-state index contributed by atoms with van der Waals surface area (Å²) in [5.74, 6) is 1.93. The van der Waals surface area contributed by atoms with Gasteiger partial charge in [-0.3, -0.25) is 4.79 Å². The lowest BCUT2D eigenvalue weighted by molar-refractivity contribution is 0.0915. The highest BCUT2D eigenvalue weighted by Gasteiger charge is 2.42. The first-order valence-electron chi connectivity index (χ1n) is 9.08. The van der Waals surface area contributed by atoms with Gasteiger partial charge in [0.05, 0.1) is 4.90 Å². The lowest BCUT2D eigenvalue weighted by Gasteiger charge is -2.28. The van der Waals surface area contributed by atoms with Crippen LogP contribution < -0.4 is 10.0 Å². The molecule has 1 amide bonds. The number of amides is 1. The van der Waals surface area contributed by atoms with E-state index in [-0.39, 0.29) is 16.8 Å². The molecule has 0 aliphatic heterocycles. The minimum atomic E-state index is -3.59. The summed E-state index contributed by atoms with van der Waals surface area (Å²) in [5, 5.41) is 3.11. The van der Waals surface area contributed by atoms with Crippen LogP contribution in [0.5, 0.6) is 0 Å². The molecule has 2 aliphatic rings. The molecule has 2 bridgehead atoms. The predicted octanol–water partition coefficient (Wildman–Crippen LogP) is 2.77. The van der Waals surface area contributed by atoms with Crippen LogP contribution in [0.1, 0.15) is 54.1 Å². The number of benzene rings is 1. The Morgan fingerprint density at radius 2 is 1.92 bits per heavy atom. The van der Waals surface area contributed by atoms with Crippen molar-refractivity contribution in [1.29, 1.82) is 0 Å². The standard InChI is InChI=1S/C19H28N2O3S/c1-11-7-16(10-18(12(11)2)25(23,24)20-4)19(22)21-13(3)17-9-14-5-6-15(17)8-14/h7,10,13-15,17,20H,5-6,8-9H2,1-4H3,(H,21,22). The van der Waals surface area contributed by atoms with Gasteiger partial charge in [0.1, 0.15) is 0 Å². The van der Waals surface area contributed by atoms with Gasteiger partial charge in [-0.05, 0) is 88.1 Å². The van der Waals surface area contributed by atoms with Gasteiger partial charge in [0.2, 0.25) is 10.0 Å².